The highest BCUT2D eigenvalue weighted by Crippen LogP contribution is 2.09. The van der Waals surface area contributed by atoms with Crippen molar-refractivity contribution in [3.8, 4) is 0 Å². The largest absolute Gasteiger partial charge is 0.316 e. The monoisotopic (exact) mass is 211 g/mol. The van der Waals surface area contributed by atoms with Crippen LogP contribution in [0.25, 0.3) is 0 Å². The Hall–Kier alpha value is 0.690. The van der Waals surface area contributed by atoms with Gasteiger partial charge in [-0.05, 0) is 25.4 Å². The second-order valence-corrected chi connectivity index (χ2v) is 2.89. The summed E-state index contributed by atoms with van der Waals surface area (Å²) in [5, 5.41) is 3.32. The van der Waals surface area contributed by atoms with Crippen molar-refractivity contribution < 1.29 is 0 Å². The van der Waals surface area contributed by atoms with Crippen LogP contribution in [0.2, 0.25) is 0 Å². The maximum Gasteiger partial charge on any atom is 0.00362 e. The maximum absolute atomic E-state index is 3.32. The molecule has 1 atom stereocenters. The molecule has 0 saturated carbocycles. The average Bonchev–Trinajstić information content (AvgIpc) is 2.14. The molecule has 42 valence electrons. The van der Waals surface area contributed by atoms with E-state index < -0.39 is 0 Å². The predicted octanol–water partition coefficient (Wildman–Crippen LogP) is 1.03. The van der Waals surface area contributed by atoms with Crippen molar-refractivity contribution in [1.82, 2.24) is 5.32 Å². The lowest BCUT2D eigenvalue weighted by atomic mass is 10.2. The van der Waals surface area contributed by atoms with Gasteiger partial charge >= 0.3 is 0 Å². The Balaban J connectivity index is 2.14. The number of hydrogen-bond donors (Lipinski definition) is 1. The van der Waals surface area contributed by atoms with Crippen molar-refractivity contribution in [2.24, 2.45) is 5.92 Å². The lowest BCUT2D eigenvalue weighted by molar-refractivity contribution is 0.673. The molecule has 0 amide bonds. The molecule has 1 fully saturated rings. The van der Waals surface area contributed by atoms with Gasteiger partial charge in [-0.15, -0.1) is 0 Å². The summed E-state index contributed by atoms with van der Waals surface area (Å²) in [5.74, 6) is 0.973. The number of hydrogen-bond acceptors (Lipinski definition) is 1. The van der Waals surface area contributed by atoms with E-state index in [0.29, 0.717) is 0 Å². The molecule has 0 spiro atoms. The molecule has 0 aromatic heterocycles. The van der Waals surface area contributed by atoms with Gasteiger partial charge in [0.2, 0.25) is 0 Å². The summed E-state index contributed by atoms with van der Waals surface area (Å²) in [4.78, 5) is 0. The van der Waals surface area contributed by atoms with Gasteiger partial charge in [0, 0.05) is 4.43 Å². The van der Waals surface area contributed by atoms with Crippen molar-refractivity contribution in [3.05, 3.63) is 0 Å². The minimum atomic E-state index is 0.973. The van der Waals surface area contributed by atoms with Gasteiger partial charge in [-0.1, -0.05) is 22.6 Å². The molecule has 0 aromatic carbocycles. The van der Waals surface area contributed by atoms with E-state index in [1.54, 1.807) is 0 Å². The Labute approximate surface area is 58.0 Å². The molecule has 2 heteroatoms. The molecular weight excluding hydrogens is 201 g/mol. The van der Waals surface area contributed by atoms with Crippen molar-refractivity contribution >= 4 is 22.6 Å². The van der Waals surface area contributed by atoms with Crippen LogP contribution < -0.4 is 5.32 Å². The van der Waals surface area contributed by atoms with Crippen molar-refractivity contribution in [3.63, 3.8) is 0 Å². The van der Waals surface area contributed by atoms with Crippen LogP contribution in [0.3, 0.4) is 0 Å². The molecule has 0 aliphatic carbocycles. The van der Waals surface area contributed by atoms with Crippen LogP contribution in [0.5, 0.6) is 0 Å². The molecule has 1 aliphatic heterocycles. The smallest absolute Gasteiger partial charge is 0.00362 e. The third-order valence-electron chi connectivity index (χ3n) is 1.38. The Bertz CT molecular complexity index is 50.0. The molecular formula is C5H10IN. The molecule has 0 unspecified atom stereocenters. The van der Waals surface area contributed by atoms with Gasteiger partial charge in [0.1, 0.15) is 0 Å². The van der Waals surface area contributed by atoms with E-state index >= 15 is 0 Å². The molecule has 1 rings (SSSR count). The molecule has 1 heterocycles. The van der Waals surface area contributed by atoms with E-state index in [4.69, 9.17) is 0 Å². The highest BCUT2D eigenvalue weighted by atomic mass is 127. The molecule has 1 aliphatic rings. The fourth-order valence-corrected chi connectivity index (χ4v) is 1.60. The first-order valence-corrected chi connectivity index (χ1v) is 4.22. The van der Waals surface area contributed by atoms with Crippen LogP contribution in [0.1, 0.15) is 6.42 Å². The topological polar surface area (TPSA) is 12.0 Å². The zero-order chi connectivity index (χ0) is 5.11. The summed E-state index contributed by atoms with van der Waals surface area (Å²) in [5.41, 5.74) is 0. The maximum atomic E-state index is 3.32. The molecule has 7 heavy (non-hydrogen) atoms. The first-order valence-electron chi connectivity index (χ1n) is 2.70. The van der Waals surface area contributed by atoms with E-state index in [1.807, 2.05) is 0 Å². The number of halogens is 1. The van der Waals surface area contributed by atoms with Gasteiger partial charge in [0.25, 0.3) is 0 Å². The zero-order valence-corrected chi connectivity index (χ0v) is 6.44. The number of rotatable bonds is 1. The van der Waals surface area contributed by atoms with Crippen LogP contribution in [0, 0.1) is 5.92 Å². The molecule has 1 nitrogen and oxygen atoms in total. The minimum Gasteiger partial charge on any atom is -0.316 e. The third-order valence-corrected chi connectivity index (χ3v) is 2.63. The normalized spacial score (nSPS) is 31.3. The lowest BCUT2D eigenvalue weighted by Crippen LogP contribution is -2.09. The summed E-state index contributed by atoms with van der Waals surface area (Å²) in [7, 11) is 0. The summed E-state index contributed by atoms with van der Waals surface area (Å²) >= 11 is 2.45. The van der Waals surface area contributed by atoms with Crippen LogP contribution in [-0.4, -0.2) is 17.5 Å². The van der Waals surface area contributed by atoms with E-state index in [9.17, 15) is 0 Å². The first kappa shape index (κ1) is 5.82. The molecule has 0 aromatic rings. The van der Waals surface area contributed by atoms with E-state index in [-0.39, 0.29) is 0 Å². The average molecular weight is 211 g/mol. The summed E-state index contributed by atoms with van der Waals surface area (Å²) in [6.07, 6.45) is 1.39. The molecule has 0 radical (unpaired) electrons. The Morgan fingerprint density at radius 2 is 2.57 bits per heavy atom. The minimum absolute atomic E-state index is 0.973. The Morgan fingerprint density at radius 3 is 2.86 bits per heavy atom. The Morgan fingerprint density at radius 1 is 1.71 bits per heavy atom. The van der Waals surface area contributed by atoms with Crippen molar-refractivity contribution in [2.45, 2.75) is 6.42 Å². The summed E-state index contributed by atoms with van der Waals surface area (Å²) in [6, 6.07) is 0. The fraction of sp³-hybridized carbons (Fsp3) is 1.00. The highest BCUT2D eigenvalue weighted by molar-refractivity contribution is 14.1. The van der Waals surface area contributed by atoms with Gasteiger partial charge in [-0.3, -0.25) is 0 Å². The molecule has 1 N–H and O–H groups in total. The predicted molar refractivity (Wildman–Crippen MR) is 39.9 cm³/mol. The number of alkyl halides is 1. The van der Waals surface area contributed by atoms with Gasteiger partial charge in [-0.25, -0.2) is 0 Å². The molecule has 1 saturated heterocycles. The fourth-order valence-electron chi connectivity index (χ4n) is 0.846. The van der Waals surface area contributed by atoms with Crippen molar-refractivity contribution in [1.29, 1.82) is 0 Å². The van der Waals surface area contributed by atoms with Crippen LogP contribution in [0.15, 0.2) is 0 Å². The lowest BCUT2D eigenvalue weighted by Gasteiger charge is -1.97. The zero-order valence-electron chi connectivity index (χ0n) is 4.28. The number of nitrogens with one attached hydrogen (secondary N) is 1. The van der Waals surface area contributed by atoms with E-state index in [2.05, 4.69) is 27.9 Å². The standard InChI is InChI=1S/C5H10IN/c6-3-5-1-2-7-4-5/h5,7H,1-4H2/t5-/m0/s1. The van der Waals surface area contributed by atoms with Gasteiger partial charge < -0.3 is 5.32 Å². The Kier molecular flexibility index (Phi) is 2.38. The second kappa shape index (κ2) is 2.87. The quantitative estimate of drug-likeness (QED) is 0.504. The van der Waals surface area contributed by atoms with E-state index in [1.165, 1.54) is 23.9 Å². The second-order valence-electron chi connectivity index (χ2n) is 2.01. The first-order chi connectivity index (χ1) is 3.43. The van der Waals surface area contributed by atoms with Gasteiger partial charge in [-0.2, -0.15) is 0 Å². The van der Waals surface area contributed by atoms with Gasteiger partial charge in [0.05, 0.1) is 0 Å². The highest BCUT2D eigenvalue weighted by Gasteiger charge is 2.11. The van der Waals surface area contributed by atoms with Crippen LogP contribution in [-0.2, 0) is 0 Å². The SMILES string of the molecule is IC[C@@H]1CCNC1. The third kappa shape index (κ3) is 1.57. The molecule has 0 bridgehead atoms. The van der Waals surface area contributed by atoms with E-state index in [0.717, 1.165) is 5.92 Å². The van der Waals surface area contributed by atoms with Crippen LogP contribution in [0.4, 0.5) is 0 Å². The van der Waals surface area contributed by atoms with Crippen LogP contribution >= 0.6 is 22.6 Å². The van der Waals surface area contributed by atoms with Gasteiger partial charge in [0.15, 0.2) is 0 Å². The summed E-state index contributed by atoms with van der Waals surface area (Å²) < 4.78 is 1.32. The van der Waals surface area contributed by atoms with Crippen molar-refractivity contribution in [2.75, 3.05) is 17.5 Å². The summed E-state index contributed by atoms with van der Waals surface area (Å²) in [6.45, 7) is 2.50.